The minimum atomic E-state index is 0. The van der Waals surface area contributed by atoms with Gasteiger partial charge in [0.15, 0.2) is 0 Å². The maximum absolute atomic E-state index is 11.9. The van der Waals surface area contributed by atoms with Crippen LogP contribution < -0.4 is 15.4 Å². The molecule has 0 spiro atoms. The summed E-state index contributed by atoms with van der Waals surface area (Å²) in [4.78, 5) is 11.9. The lowest BCUT2D eigenvalue weighted by Gasteiger charge is -2.16. The maximum Gasteiger partial charge on any atom is 0.224 e. The van der Waals surface area contributed by atoms with Gasteiger partial charge in [0.25, 0.3) is 0 Å². The number of para-hydroxylation sites is 2. The van der Waals surface area contributed by atoms with E-state index >= 15 is 0 Å². The molecule has 0 atom stereocenters. The summed E-state index contributed by atoms with van der Waals surface area (Å²) in [6, 6.07) is 7.70. The average molecular weight is 313 g/mol. The minimum Gasteiger partial charge on any atom is -0.488 e. The first kappa shape index (κ1) is 17.8. The Bertz CT molecular complexity index is 434. The van der Waals surface area contributed by atoms with Gasteiger partial charge in [0.05, 0.1) is 11.8 Å². The normalized spacial score (nSPS) is 14.5. The highest BCUT2D eigenvalue weighted by Gasteiger charge is 2.18. The molecule has 2 N–H and O–H groups in total. The second-order valence-corrected chi connectivity index (χ2v) is 5.28. The third-order valence-electron chi connectivity index (χ3n) is 3.59. The van der Waals surface area contributed by atoms with Crippen molar-refractivity contribution in [2.45, 2.75) is 44.6 Å². The van der Waals surface area contributed by atoms with Crippen LogP contribution in [0.5, 0.6) is 5.75 Å². The fourth-order valence-electron chi connectivity index (χ4n) is 2.50. The van der Waals surface area contributed by atoms with Crippen LogP contribution in [0.2, 0.25) is 0 Å². The third kappa shape index (κ3) is 5.94. The van der Waals surface area contributed by atoms with Gasteiger partial charge in [0, 0.05) is 6.42 Å². The van der Waals surface area contributed by atoms with Crippen molar-refractivity contribution in [2.24, 2.45) is 0 Å². The van der Waals surface area contributed by atoms with Crippen LogP contribution >= 0.6 is 12.4 Å². The van der Waals surface area contributed by atoms with Crippen molar-refractivity contribution in [1.82, 2.24) is 5.32 Å². The van der Waals surface area contributed by atoms with Gasteiger partial charge >= 0.3 is 0 Å². The zero-order chi connectivity index (χ0) is 14.2. The van der Waals surface area contributed by atoms with Gasteiger partial charge in [-0.3, -0.25) is 4.79 Å². The Morgan fingerprint density at radius 1 is 1.29 bits per heavy atom. The number of rotatable bonds is 7. The summed E-state index contributed by atoms with van der Waals surface area (Å²) < 4.78 is 6.01. The van der Waals surface area contributed by atoms with Crippen LogP contribution in [0.25, 0.3) is 0 Å². The van der Waals surface area contributed by atoms with Gasteiger partial charge in [0.1, 0.15) is 5.75 Å². The van der Waals surface area contributed by atoms with E-state index in [-0.39, 0.29) is 18.3 Å². The van der Waals surface area contributed by atoms with Crippen LogP contribution in [0.4, 0.5) is 5.69 Å². The topological polar surface area (TPSA) is 50.4 Å². The van der Waals surface area contributed by atoms with E-state index in [2.05, 4.69) is 10.6 Å². The fraction of sp³-hybridized carbons (Fsp3) is 0.562. The molecular formula is C16H25ClN2O2. The van der Waals surface area contributed by atoms with Crippen molar-refractivity contribution in [3.8, 4) is 5.75 Å². The molecule has 21 heavy (non-hydrogen) atoms. The van der Waals surface area contributed by atoms with E-state index in [0.717, 1.165) is 37.2 Å². The standard InChI is InChI=1S/C16H24N2O2.ClH/c1-17-12-6-11-16(19)18-14-9-4-5-10-15(14)20-13-7-2-3-8-13;/h4-5,9-10,13,17H,2-3,6-8,11-12H2,1H3,(H,18,19);1H. The van der Waals surface area contributed by atoms with Crippen LogP contribution in [0.3, 0.4) is 0 Å². The molecule has 0 saturated heterocycles. The highest BCUT2D eigenvalue weighted by molar-refractivity contribution is 5.92. The van der Waals surface area contributed by atoms with Crippen LogP contribution in [0.1, 0.15) is 38.5 Å². The SMILES string of the molecule is CNCCCC(=O)Nc1ccccc1OC1CCCC1.Cl. The summed E-state index contributed by atoms with van der Waals surface area (Å²) in [5.74, 6) is 0.837. The molecule has 1 saturated carbocycles. The van der Waals surface area contributed by atoms with Crippen molar-refractivity contribution < 1.29 is 9.53 Å². The van der Waals surface area contributed by atoms with Crippen molar-refractivity contribution in [2.75, 3.05) is 18.9 Å². The molecular weight excluding hydrogens is 288 g/mol. The summed E-state index contributed by atoms with van der Waals surface area (Å²) in [5, 5.41) is 5.99. The molecule has 118 valence electrons. The van der Waals surface area contributed by atoms with Gasteiger partial charge in [-0.2, -0.15) is 0 Å². The van der Waals surface area contributed by atoms with E-state index in [0.29, 0.717) is 12.5 Å². The molecule has 2 rings (SSSR count). The summed E-state index contributed by atoms with van der Waals surface area (Å²) in [6.45, 7) is 0.855. The Morgan fingerprint density at radius 3 is 2.71 bits per heavy atom. The van der Waals surface area contributed by atoms with Gasteiger partial charge in [-0.05, 0) is 57.8 Å². The summed E-state index contributed by atoms with van der Waals surface area (Å²) in [7, 11) is 1.89. The quantitative estimate of drug-likeness (QED) is 0.759. The molecule has 0 aromatic heterocycles. The first-order valence-electron chi connectivity index (χ1n) is 7.49. The maximum atomic E-state index is 11.9. The van der Waals surface area contributed by atoms with Crippen molar-refractivity contribution >= 4 is 24.0 Å². The molecule has 1 aliphatic carbocycles. The van der Waals surface area contributed by atoms with Gasteiger partial charge in [-0.15, -0.1) is 12.4 Å². The fourth-order valence-corrected chi connectivity index (χ4v) is 2.50. The lowest BCUT2D eigenvalue weighted by Crippen LogP contribution is -2.17. The zero-order valence-corrected chi connectivity index (χ0v) is 13.4. The molecule has 1 aromatic carbocycles. The Kier molecular flexibility index (Phi) is 8.16. The largest absolute Gasteiger partial charge is 0.488 e. The number of nitrogens with one attached hydrogen (secondary N) is 2. The molecule has 1 fully saturated rings. The second kappa shape index (κ2) is 9.64. The highest BCUT2D eigenvalue weighted by Crippen LogP contribution is 2.29. The second-order valence-electron chi connectivity index (χ2n) is 5.28. The van der Waals surface area contributed by atoms with Crippen molar-refractivity contribution in [3.63, 3.8) is 0 Å². The minimum absolute atomic E-state index is 0. The number of ether oxygens (including phenoxy) is 1. The van der Waals surface area contributed by atoms with Crippen LogP contribution in [0, 0.1) is 0 Å². The predicted octanol–water partition coefficient (Wildman–Crippen LogP) is 3.37. The summed E-state index contributed by atoms with van der Waals surface area (Å²) >= 11 is 0. The monoisotopic (exact) mass is 312 g/mol. The predicted molar refractivity (Wildman–Crippen MR) is 88.4 cm³/mol. The van der Waals surface area contributed by atoms with Gasteiger partial charge in [-0.1, -0.05) is 12.1 Å². The van der Waals surface area contributed by atoms with Crippen molar-refractivity contribution in [3.05, 3.63) is 24.3 Å². The number of amides is 1. The van der Waals surface area contributed by atoms with Crippen molar-refractivity contribution in [1.29, 1.82) is 0 Å². The lowest BCUT2D eigenvalue weighted by atomic mass is 10.2. The number of benzene rings is 1. The van der Waals surface area contributed by atoms with Gasteiger partial charge in [-0.25, -0.2) is 0 Å². The molecule has 1 amide bonds. The van der Waals surface area contributed by atoms with Crippen LogP contribution in [-0.4, -0.2) is 25.6 Å². The molecule has 0 unspecified atom stereocenters. The van der Waals surface area contributed by atoms with Crippen LogP contribution in [0.15, 0.2) is 24.3 Å². The smallest absolute Gasteiger partial charge is 0.224 e. The molecule has 0 aliphatic heterocycles. The number of anilines is 1. The van der Waals surface area contributed by atoms with E-state index in [9.17, 15) is 4.79 Å². The summed E-state index contributed by atoms with van der Waals surface area (Å²) in [5.41, 5.74) is 0.786. The van der Waals surface area contributed by atoms with E-state index in [1.165, 1.54) is 12.8 Å². The first-order chi connectivity index (χ1) is 9.79. The Morgan fingerprint density at radius 2 is 2.00 bits per heavy atom. The zero-order valence-electron chi connectivity index (χ0n) is 12.6. The number of hydrogen-bond acceptors (Lipinski definition) is 3. The van der Waals surface area contributed by atoms with E-state index < -0.39 is 0 Å². The van der Waals surface area contributed by atoms with E-state index in [1.54, 1.807) is 0 Å². The Labute approximate surface area is 133 Å². The molecule has 0 bridgehead atoms. The molecule has 1 aromatic rings. The number of halogens is 1. The average Bonchev–Trinajstić information content (AvgIpc) is 2.94. The third-order valence-corrected chi connectivity index (χ3v) is 3.59. The van der Waals surface area contributed by atoms with Gasteiger partial charge < -0.3 is 15.4 Å². The first-order valence-corrected chi connectivity index (χ1v) is 7.49. The van der Waals surface area contributed by atoms with Gasteiger partial charge in [0.2, 0.25) is 5.91 Å². The number of hydrogen-bond donors (Lipinski definition) is 2. The van der Waals surface area contributed by atoms with Crippen LogP contribution in [-0.2, 0) is 4.79 Å². The van der Waals surface area contributed by atoms with E-state index in [1.807, 2.05) is 31.3 Å². The lowest BCUT2D eigenvalue weighted by molar-refractivity contribution is -0.116. The summed E-state index contributed by atoms with van der Waals surface area (Å²) in [6.07, 6.45) is 6.38. The molecule has 5 heteroatoms. The Hall–Kier alpha value is -1.26. The Balaban J connectivity index is 0.00000220. The highest BCUT2D eigenvalue weighted by atomic mass is 35.5. The molecule has 0 heterocycles. The number of carbonyl (C=O) groups excluding carboxylic acids is 1. The number of carbonyl (C=O) groups is 1. The molecule has 0 radical (unpaired) electrons. The molecule has 4 nitrogen and oxygen atoms in total. The van der Waals surface area contributed by atoms with E-state index in [4.69, 9.17) is 4.74 Å². The molecule has 1 aliphatic rings.